The molecule has 1 saturated heterocycles. The molecule has 1 fully saturated rings. The van der Waals surface area contributed by atoms with Crippen molar-refractivity contribution in [2.75, 3.05) is 26.3 Å². The van der Waals surface area contributed by atoms with Crippen LogP contribution in [0.4, 0.5) is 0 Å². The number of aromatic amines is 1. The summed E-state index contributed by atoms with van der Waals surface area (Å²) in [5.74, 6) is 0. The number of fused-ring (bicyclic) bond motifs is 1. The lowest BCUT2D eigenvalue weighted by Gasteiger charge is -2.14. The topological polar surface area (TPSA) is 96.3 Å². The molecular weight excluding hydrogens is 346 g/mol. The molecule has 1 aliphatic rings. The van der Waals surface area contributed by atoms with Crippen LogP contribution in [-0.4, -0.2) is 55.8 Å². The van der Waals surface area contributed by atoms with Crippen molar-refractivity contribution < 1.29 is 9.84 Å². The SMILES string of the molecule is O=c1[nH]c2cnc(OCCO)nc2n1Cc1ccc(CN2CCCC2)cc1. The molecule has 1 aliphatic heterocycles. The molecule has 3 aromatic rings. The normalized spacial score (nSPS) is 14.9. The highest BCUT2D eigenvalue weighted by Gasteiger charge is 2.13. The Morgan fingerprint density at radius 2 is 1.81 bits per heavy atom. The van der Waals surface area contributed by atoms with Gasteiger partial charge in [-0.15, -0.1) is 0 Å². The van der Waals surface area contributed by atoms with Crippen LogP contribution in [0, 0.1) is 0 Å². The van der Waals surface area contributed by atoms with Crippen molar-refractivity contribution in [2.45, 2.75) is 25.9 Å². The number of nitrogens with zero attached hydrogens (tertiary/aromatic N) is 4. The molecule has 0 aliphatic carbocycles. The number of aliphatic hydroxyl groups excluding tert-OH is 1. The highest BCUT2D eigenvalue weighted by atomic mass is 16.5. The lowest BCUT2D eigenvalue weighted by atomic mass is 10.1. The van der Waals surface area contributed by atoms with Gasteiger partial charge in [0.1, 0.15) is 12.1 Å². The number of ether oxygens (including phenoxy) is 1. The van der Waals surface area contributed by atoms with Crippen LogP contribution in [0.3, 0.4) is 0 Å². The average molecular weight is 369 g/mol. The van der Waals surface area contributed by atoms with E-state index in [1.54, 1.807) is 4.57 Å². The summed E-state index contributed by atoms with van der Waals surface area (Å²) in [4.78, 5) is 25.9. The zero-order chi connectivity index (χ0) is 18.6. The molecule has 0 saturated carbocycles. The number of nitrogens with one attached hydrogen (secondary N) is 1. The average Bonchev–Trinajstić information content (AvgIpc) is 3.29. The smallest absolute Gasteiger partial charge is 0.328 e. The van der Waals surface area contributed by atoms with E-state index >= 15 is 0 Å². The number of aromatic nitrogens is 4. The van der Waals surface area contributed by atoms with Crippen molar-refractivity contribution in [1.29, 1.82) is 0 Å². The van der Waals surface area contributed by atoms with E-state index < -0.39 is 0 Å². The number of hydrogen-bond donors (Lipinski definition) is 2. The second kappa shape index (κ2) is 7.89. The molecule has 27 heavy (non-hydrogen) atoms. The lowest BCUT2D eigenvalue weighted by Crippen LogP contribution is -2.19. The largest absolute Gasteiger partial charge is 0.461 e. The van der Waals surface area contributed by atoms with E-state index in [0.29, 0.717) is 17.7 Å². The molecule has 0 bridgehead atoms. The van der Waals surface area contributed by atoms with E-state index in [9.17, 15) is 4.79 Å². The van der Waals surface area contributed by atoms with Crippen molar-refractivity contribution in [3.63, 3.8) is 0 Å². The van der Waals surface area contributed by atoms with Gasteiger partial charge >= 0.3 is 11.7 Å². The van der Waals surface area contributed by atoms with Crippen LogP contribution in [0.2, 0.25) is 0 Å². The van der Waals surface area contributed by atoms with Gasteiger partial charge in [-0.3, -0.25) is 9.47 Å². The predicted molar refractivity (Wildman–Crippen MR) is 101 cm³/mol. The van der Waals surface area contributed by atoms with E-state index in [2.05, 4.69) is 44.1 Å². The van der Waals surface area contributed by atoms with E-state index in [4.69, 9.17) is 9.84 Å². The second-order valence-electron chi connectivity index (χ2n) is 6.78. The Labute approximate surface area is 156 Å². The number of hydrogen-bond acceptors (Lipinski definition) is 6. The maximum absolute atomic E-state index is 12.3. The molecule has 2 aromatic heterocycles. The monoisotopic (exact) mass is 369 g/mol. The Kier molecular flexibility index (Phi) is 5.17. The molecule has 3 heterocycles. The summed E-state index contributed by atoms with van der Waals surface area (Å²) in [6.07, 6.45) is 4.09. The predicted octanol–water partition coefficient (Wildman–Crippen LogP) is 1.13. The molecule has 8 nitrogen and oxygen atoms in total. The first kappa shape index (κ1) is 17.7. The second-order valence-corrected chi connectivity index (χ2v) is 6.78. The fourth-order valence-corrected chi connectivity index (χ4v) is 3.41. The van der Waals surface area contributed by atoms with Crippen LogP contribution >= 0.6 is 0 Å². The maximum atomic E-state index is 12.3. The van der Waals surface area contributed by atoms with Gasteiger partial charge in [0, 0.05) is 6.54 Å². The first-order chi connectivity index (χ1) is 13.2. The molecule has 0 spiro atoms. The summed E-state index contributed by atoms with van der Waals surface area (Å²) in [5.41, 5.74) is 3.12. The fraction of sp³-hybridized carbons (Fsp3) is 0.421. The Balaban J connectivity index is 1.53. The number of benzene rings is 1. The van der Waals surface area contributed by atoms with Gasteiger partial charge < -0.3 is 14.8 Å². The summed E-state index contributed by atoms with van der Waals surface area (Å²) in [7, 11) is 0. The van der Waals surface area contributed by atoms with E-state index in [0.717, 1.165) is 12.1 Å². The standard InChI is InChI=1S/C19H23N5O3/c25-9-10-27-18-20-11-16-17(22-18)24(19(26)21-16)13-15-5-3-14(4-6-15)12-23-7-1-2-8-23/h3-6,11,25H,1-2,7-10,12-13H2,(H,21,26). The van der Waals surface area contributed by atoms with Gasteiger partial charge in [0.05, 0.1) is 19.3 Å². The van der Waals surface area contributed by atoms with Gasteiger partial charge in [-0.25, -0.2) is 9.78 Å². The highest BCUT2D eigenvalue weighted by Crippen LogP contribution is 2.15. The third-order valence-corrected chi connectivity index (χ3v) is 4.78. The summed E-state index contributed by atoms with van der Waals surface area (Å²) in [5, 5.41) is 8.86. The molecule has 0 unspecified atom stereocenters. The fourth-order valence-electron chi connectivity index (χ4n) is 3.41. The van der Waals surface area contributed by atoms with Crippen molar-refractivity contribution in [3.8, 4) is 6.01 Å². The number of H-pyrrole nitrogens is 1. The van der Waals surface area contributed by atoms with Crippen LogP contribution < -0.4 is 10.4 Å². The maximum Gasteiger partial charge on any atom is 0.328 e. The van der Waals surface area contributed by atoms with Crippen LogP contribution in [0.25, 0.3) is 11.2 Å². The van der Waals surface area contributed by atoms with Crippen LogP contribution in [0.5, 0.6) is 6.01 Å². The van der Waals surface area contributed by atoms with E-state index in [-0.39, 0.29) is 24.9 Å². The summed E-state index contributed by atoms with van der Waals surface area (Å²) in [6.45, 7) is 3.73. The van der Waals surface area contributed by atoms with Gasteiger partial charge in [-0.1, -0.05) is 24.3 Å². The third kappa shape index (κ3) is 4.01. The molecule has 2 N–H and O–H groups in total. The van der Waals surface area contributed by atoms with Crippen molar-refractivity contribution in [1.82, 2.24) is 24.4 Å². The number of likely N-dealkylation sites (tertiary alicyclic amines) is 1. The van der Waals surface area contributed by atoms with Crippen LogP contribution in [0.15, 0.2) is 35.3 Å². The molecule has 4 rings (SSSR count). The van der Waals surface area contributed by atoms with Gasteiger partial charge in [0.15, 0.2) is 5.65 Å². The Morgan fingerprint density at radius 3 is 2.52 bits per heavy atom. The van der Waals surface area contributed by atoms with Gasteiger partial charge in [0.2, 0.25) is 0 Å². The Bertz CT molecular complexity index is 958. The van der Waals surface area contributed by atoms with Gasteiger partial charge in [0.25, 0.3) is 0 Å². The van der Waals surface area contributed by atoms with Crippen LogP contribution in [0.1, 0.15) is 24.0 Å². The first-order valence-electron chi connectivity index (χ1n) is 9.22. The first-order valence-corrected chi connectivity index (χ1v) is 9.22. The molecule has 0 radical (unpaired) electrons. The van der Waals surface area contributed by atoms with Crippen molar-refractivity contribution >= 4 is 11.2 Å². The minimum Gasteiger partial charge on any atom is -0.461 e. The minimum absolute atomic E-state index is 0.110. The van der Waals surface area contributed by atoms with E-state index in [1.165, 1.54) is 37.7 Å². The molecule has 8 heteroatoms. The van der Waals surface area contributed by atoms with Gasteiger partial charge in [-0.05, 0) is 37.1 Å². The molecule has 0 amide bonds. The summed E-state index contributed by atoms with van der Waals surface area (Å²) in [6, 6.07) is 8.50. The number of rotatable bonds is 7. The quantitative estimate of drug-likeness (QED) is 0.648. The molecule has 0 atom stereocenters. The zero-order valence-corrected chi connectivity index (χ0v) is 15.1. The summed E-state index contributed by atoms with van der Waals surface area (Å²) < 4.78 is 6.82. The molecular formula is C19H23N5O3. The number of aliphatic hydroxyl groups is 1. The Morgan fingerprint density at radius 1 is 1.11 bits per heavy atom. The van der Waals surface area contributed by atoms with Crippen LogP contribution in [-0.2, 0) is 13.1 Å². The lowest BCUT2D eigenvalue weighted by molar-refractivity contribution is 0.192. The number of imidazole rings is 1. The molecule has 142 valence electrons. The highest BCUT2D eigenvalue weighted by molar-refractivity contribution is 5.69. The van der Waals surface area contributed by atoms with Gasteiger partial charge in [-0.2, -0.15) is 4.98 Å². The Hall–Kier alpha value is -2.71. The zero-order valence-electron chi connectivity index (χ0n) is 15.1. The minimum atomic E-state index is -0.236. The van der Waals surface area contributed by atoms with Crippen molar-refractivity contribution in [3.05, 3.63) is 52.1 Å². The molecule has 1 aromatic carbocycles. The third-order valence-electron chi connectivity index (χ3n) is 4.78. The summed E-state index contributed by atoms with van der Waals surface area (Å²) >= 11 is 0. The van der Waals surface area contributed by atoms with E-state index in [1.807, 2.05) is 0 Å². The van der Waals surface area contributed by atoms with Crippen molar-refractivity contribution in [2.24, 2.45) is 0 Å².